The number of ether oxygens (including phenoxy) is 2. The summed E-state index contributed by atoms with van der Waals surface area (Å²) in [5, 5.41) is 0. The van der Waals surface area contributed by atoms with Gasteiger partial charge in [-0.3, -0.25) is 4.90 Å². The first-order chi connectivity index (χ1) is 15.2. The molecule has 0 bridgehead atoms. The third-order valence-electron chi connectivity index (χ3n) is 5.87. The summed E-state index contributed by atoms with van der Waals surface area (Å²) in [4.78, 5) is 16.1. The van der Waals surface area contributed by atoms with Gasteiger partial charge in [0.05, 0.1) is 12.6 Å². The van der Waals surface area contributed by atoms with E-state index < -0.39 is 36.4 Å². The molecule has 0 spiro atoms. The minimum absolute atomic E-state index is 0.0177. The van der Waals surface area contributed by atoms with E-state index in [1.54, 1.807) is 30.0 Å². The van der Waals surface area contributed by atoms with Gasteiger partial charge in [-0.15, -0.1) is 0 Å². The Kier molecular flexibility index (Phi) is 5.74. The second-order valence-electron chi connectivity index (χ2n) is 7.81. The first kappa shape index (κ1) is 22.3. The fourth-order valence-electron chi connectivity index (χ4n) is 3.87. The van der Waals surface area contributed by atoms with Gasteiger partial charge in [-0.25, -0.2) is 18.0 Å². The van der Waals surface area contributed by atoms with E-state index in [1.165, 1.54) is 35.2 Å². The number of hydrogen-bond acceptors (Lipinski definition) is 3. The van der Waals surface area contributed by atoms with Gasteiger partial charge in [0.25, 0.3) is 0 Å². The van der Waals surface area contributed by atoms with Crippen LogP contribution in [0.5, 0.6) is 5.75 Å². The van der Waals surface area contributed by atoms with Crippen molar-refractivity contribution in [1.82, 2.24) is 4.90 Å². The molecule has 2 fully saturated rings. The fourth-order valence-corrected chi connectivity index (χ4v) is 3.87. The molecule has 2 atom stereocenters. The average Bonchev–Trinajstić information content (AvgIpc) is 3.49. The van der Waals surface area contributed by atoms with Gasteiger partial charge >= 0.3 is 18.4 Å². The van der Waals surface area contributed by atoms with Crippen LogP contribution in [-0.2, 0) is 10.3 Å². The van der Waals surface area contributed by atoms with Crippen molar-refractivity contribution in [2.45, 2.75) is 30.9 Å². The van der Waals surface area contributed by atoms with E-state index >= 15 is 0 Å². The van der Waals surface area contributed by atoms with E-state index in [1.807, 2.05) is 0 Å². The lowest BCUT2D eigenvalue weighted by atomic mass is 9.91. The largest absolute Gasteiger partial charge is 0.487 e. The minimum Gasteiger partial charge on any atom is -0.487 e. The molecule has 0 radical (unpaired) electrons. The molecule has 0 saturated carbocycles. The van der Waals surface area contributed by atoms with Gasteiger partial charge in [0.1, 0.15) is 17.2 Å². The average molecular weight is 456 g/mol. The number of epoxide rings is 1. The number of benzene rings is 2. The molecule has 4 rings (SSSR count). The molecule has 0 aliphatic carbocycles. The van der Waals surface area contributed by atoms with Gasteiger partial charge in [0.15, 0.2) is 6.61 Å². The third-order valence-corrected chi connectivity index (χ3v) is 5.87. The molecule has 0 N–H and O–H groups in total. The molecule has 5 nitrogen and oxygen atoms in total. The Balaban J connectivity index is 1.43. The Hall–Kier alpha value is -2.88. The van der Waals surface area contributed by atoms with Crippen molar-refractivity contribution in [3.63, 3.8) is 0 Å². The number of halogens is 5. The van der Waals surface area contributed by atoms with Crippen LogP contribution < -0.4 is 9.64 Å². The Morgan fingerprint density at radius 1 is 1.12 bits per heavy atom. The van der Waals surface area contributed by atoms with Crippen LogP contribution in [-0.4, -0.2) is 55.6 Å². The maximum Gasteiger partial charge on any atom is 0.340 e. The van der Waals surface area contributed by atoms with Gasteiger partial charge < -0.3 is 14.4 Å². The van der Waals surface area contributed by atoms with Crippen LogP contribution >= 0.6 is 0 Å². The quantitative estimate of drug-likeness (QED) is 0.429. The van der Waals surface area contributed by atoms with Crippen molar-refractivity contribution >= 4 is 11.7 Å². The molecule has 32 heavy (non-hydrogen) atoms. The first-order valence-corrected chi connectivity index (χ1v) is 10.0. The number of urea groups is 1. The first-order valence-electron chi connectivity index (χ1n) is 10.0. The van der Waals surface area contributed by atoms with Crippen molar-refractivity contribution in [3.05, 3.63) is 59.9 Å². The number of carbonyl (C=O) groups is 1. The van der Waals surface area contributed by atoms with Gasteiger partial charge in [0.2, 0.25) is 0 Å². The summed E-state index contributed by atoms with van der Waals surface area (Å²) in [6, 6.07) is 11.2. The molecule has 2 aliphatic rings. The number of hydrogen-bond donors (Lipinski definition) is 0. The molecular formula is C22H21F5N2O3. The van der Waals surface area contributed by atoms with E-state index in [2.05, 4.69) is 0 Å². The topological polar surface area (TPSA) is 45.3 Å². The summed E-state index contributed by atoms with van der Waals surface area (Å²) >= 11 is 0. The summed E-state index contributed by atoms with van der Waals surface area (Å²) in [6.45, 7) is 1.41. The zero-order chi connectivity index (χ0) is 23.1. The van der Waals surface area contributed by atoms with Crippen LogP contribution in [0.2, 0.25) is 0 Å². The molecule has 2 amide bonds. The molecule has 0 unspecified atom stereocenters. The smallest absolute Gasteiger partial charge is 0.340 e. The maximum absolute atomic E-state index is 14.3. The van der Waals surface area contributed by atoms with E-state index in [4.69, 9.17) is 9.47 Å². The van der Waals surface area contributed by atoms with Crippen molar-refractivity contribution in [1.29, 1.82) is 0 Å². The Bertz CT molecular complexity index is 982. The monoisotopic (exact) mass is 456 g/mol. The van der Waals surface area contributed by atoms with Crippen LogP contribution in [0.4, 0.5) is 32.4 Å². The zero-order valence-electron chi connectivity index (χ0n) is 17.1. The van der Waals surface area contributed by atoms with Crippen LogP contribution in [0.15, 0.2) is 48.5 Å². The second-order valence-corrected chi connectivity index (χ2v) is 7.81. The van der Waals surface area contributed by atoms with E-state index in [9.17, 15) is 26.7 Å². The predicted molar refractivity (Wildman–Crippen MR) is 106 cm³/mol. The van der Waals surface area contributed by atoms with Crippen molar-refractivity contribution in [2.24, 2.45) is 0 Å². The molecule has 2 aliphatic heterocycles. The van der Waals surface area contributed by atoms with Crippen LogP contribution in [0, 0.1) is 5.82 Å². The molecule has 0 aromatic heterocycles. The fraction of sp³-hybridized carbons (Fsp3) is 0.409. The molecule has 2 heterocycles. The highest BCUT2D eigenvalue weighted by Crippen LogP contribution is 2.46. The summed E-state index contributed by atoms with van der Waals surface area (Å²) < 4.78 is 75.2. The highest BCUT2D eigenvalue weighted by atomic mass is 19.3. The number of rotatable bonds is 8. The van der Waals surface area contributed by atoms with E-state index in [0.717, 1.165) is 0 Å². The number of anilines is 1. The van der Waals surface area contributed by atoms with Gasteiger partial charge in [0, 0.05) is 24.3 Å². The van der Waals surface area contributed by atoms with Gasteiger partial charge in [-0.1, -0.05) is 18.2 Å². The summed E-state index contributed by atoms with van der Waals surface area (Å²) in [7, 11) is 0. The minimum atomic E-state index is -4.25. The molecule has 172 valence electrons. The second kappa shape index (κ2) is 8.23. The lowest BCUT2D eigenvalue weighted by molar-refractivity contribution is -0.148. The van der Waals surface area contributed by atoms with Crippen molar-refractivity contribution in [3.8, 4) is 5.75 Å². The third kappa shape index (κ3) is 3.99. The molecule has 10 heteroatoms. The number of amides is 2. The van der Waals surface area contributed by atoms with Crippen molar-refractivity contribution < 1.29 is 36.2 Å². The van der Waals surface area contributed by atoms with Gasteiger partial charge in [-0.05, 0) is 37.3 Å². The predicted octanol–water partition coefficient (Wildman–Crippen LogP) is 4.66. The lowest BCUT2D eigenvalue weighted by Crippen LogP contribution is -2.45. The highest BCUT2D eigenvalue weighted by molar-refractivity contribution is 5.94. The molecular weight excluding hydrogens is 435 g/mol. The normalized spacial score (nSPS) is 21.9. The molecule has 2 aromatic carbocycles. The lowest BCUT2D eigenvalue weighted by Gasteiger charge is -2.30. The molecule has 2 aromatic rings. The van der Waals surface area contributed by atoms with Crippen LogP contribution in [0.25, 0.3) is 0 Å². The number of carbonyl (C=O) groups excluding carboxylic acids is 1. The Labute approximate surface area is 181 Å². The summed E-state index contributed by atoms with van der Waals surface area (Å²) in [5.41, 5.74) is 0.000139. The molecule has 2 saturated heterocycles. The summed E-state index contributed by atoms with van der Waals surface area (Å²) in [6.07, 6.45) is -3.82. The Morgan fingerprint density at radius 2 is 1.78 bits per heavy atom. The zero-order valence-corrected chi connectivity index (χ0v) is 17.1. The van der Waals surface area contributed by atoms with Gasteiger partial charge in [-0.2, -0.15) is 8.78 Å². The maximum atomic E-state index is 14.3. The van der Waals surface area contributed by atoms with Crippen LogP contribution in [0.3, 0.4) is 0 Å². The van der Waals surface area contributed by atoms with E-state index in [0.29, 0.717) is 30.9 Å². The highest BCUT2D eigenvalue weighted by Gasteiger charge is 2.56. The SMILES string of the molecule is C[C@@H](N1CCN(c2ccc(OCC(F)(F)C(F)F)cc2)C1=O)[C@@]1(c2ccccc2F)CO1. The summed E-state index contributed by atoms with van der Waals surface area (Å²) in [5.74, 6) is -4.66. The van der Waals surface area contributed by atoms with Crippen molar-refractivity contribution in [2.75, 3.05) is 31.2 Å². The Morgan fingerprint density at radius 3 is 2.38 bits per heavy atom. The number of alkyl halides is 4. The van der Waals surface area contributed by atoms with Crippen LogP contribution in [0.1, 0.15) is 12.5 Å². The van der Waals surface area contributed by atoms with E-state index in [-0.39, 0.29) is 11.8 Å². The number of nitrogens with zero attached hydrogens (tertiary/aromatic N) is 2. The standard InChI is InChI=1S/C22H21F5N2O3/c1-14(21(12-32-21)17-4-2-3-5-18(17)23)28-10-11-29(20(28)30)15-6-8-16(9-7-15)31-13-22(26,27)19(24)25/h2-9,14,19H,10-13H2,1H3/t14-,21-/m1/s1.